The molecule has 8 rings (SSSR count). The molecular weight excluding hydrogens is 640 g/mol. The van der Waals surface area contributed by atoms with Crippen LogP contribution in [-0.4, -0.2) is 0 Å². The first-order valence-corrected chi connectivity index (χ1v) is 16.0. The van der Waals surface area contributed by atoms with Gasteiger partial charge < -0.3 is 0 Å². The lowest BCUT2D eigenvalue weighted by Crippen LogP contribution is -2.29. The second-order valence-electron chi connectivity index (χ2n) is 12.0. The molecule has 6 aromatic carbocycles. The van der Waals surface area contributed by atoms with E-state index in [0.29, 0.717) is 0 Å². The van der Waals surface area contributed by atoms with Crippen LogP contribution < -0.4 is 0 Å². The van der Waals surface area contributed by atoms with Crippen molar-refractivity contribution in [2.45, 2.75) is 24.7 Å². The number of rotatable bonds is 3. The largest absolute Gasteiger partial charge is 0.0714 e. The van der Waals surface area contributed by atoms with Crippen LogP contribution in [0, 0.1) is 0 Å². The summed E-state index contributed by atoms with van der Waals surface area (Å²) >= 11 is 7.66. The zero-order valence-corrected chi connectivity index (χ0v) is 26.6. The van der Waals surface area contributed by atoms with Crippen molar-refractivity contribution < 1.29 is 0 Å². The second-order valence-corrected chi connectivity index (χ2v) is 13.8. The maximum absolute atomic E-state index is 3.83. The predicted molar refractivity (Wildman–Crippen MR) is 182 cm³/mol. The average molecular weight is 668 g/mol. The Morgan fingerprint density at radius 3 is 1.71 bits per heavy atom. The molecule has 0 saturated heterocycles. The Kier molecular flexibility index (Phi) is 5.80. The normalized spacial score (nSPS) is 15.0. The van der Waals surface area contributed by atoms with Gasteiger partial charge in [0.05, 0.1) is 5.41 Å². The van der Waals surface area contributed by atoms with Gasteiger partial charge in [-0.05, 0) is 97.1 Å². The Morgan fingerprint density at radius 2 is 1.02 bits per heavy atom. The van der Waals surface area contributed by atoms with E-state index in [1.165, 1.54) is 66.8 Å². The first-order chi connectivity index (χ1) is 20.4. The Balaban J connectivity index is 1.57. The number of fused-ring (bicyclic) bond motifs is 7. The van der Waals surface area contributed by atoms with Gasteiger partial charge in [-0.1, -0.05) is 149 Å². The fourth-order valence-electron chi connectivity index (χ4n) is 7.65. The van der Waals surface area contributed by atoms with Gasteiger partial charge in [-0.2, -0.15) is 0 Å². The number of halogens is 2. The minimum atomic E-state index is -0.500. The van der Waals surface area contributed by atoms with E-state index in [0.717, 1.165) is 8.95 Å². The second kappa shape index (κ2) is 9.39. The number of hydrogen-bond donors (Lipinski definition) is 0. The van der Waals surface area contributed by atoms with Crippen molar-refractivity contribution in [1.82, 2.24) is 0 Å². The van der Waals surface area contributed by atoms with Crippen molar-refractivity contribution in [3.05, 3.63) is 176 Å². The van der Waals surface area contributed by atoms with Gasteiger partial charge in [0, 0.05) is 14.4 Å². The highest BCUT2D eigenvalue weighted by molar-refractivity contribution is 9.10. The summed E-state index contributed by atoms with van der Waals surface area (Å²) in [5, 5.41) is 0. The zero-order chi connectivity index (χ0) is 28.6. The molecule has 0 unspecified atom stereocenters. The van der Waals surface area contributed by atoms with Gasteiger partial charge in [-0.15, -0.1) is 0 Å². The van der Waals surface area contributed by atoms with Crippen molar-refractivity contribution >= 4 is 31.9 Å². The third-order valence-electron chi connectivity index (χ3n) is 9.47. The summed E-state index contributed by atoms with van der Waals surface area (Å²) in [6, 6.07) is 49.5. The SMILES string of the molecule is CC1(C)c2ccccc2-c2c1ccc1c2-c2ccc(-c3ccccc3)cc2C1(c1cccc(Br)c1)c1cccc(Br)c1. The molecule has 2 aliphatic carbocycles. The van der Waals surface area contributed by atoms with Crippen LogP contribution in [0.15, 0.2) is 142 Å². The van der Waals surface area contributed by atoms with Crippen molar-refractivity contribution in [2.75, 3.05) is 0 Å². The van der Waals surface area contributed by atoms with Gasteiger partial charge in [0.1, 0.15) is 0 Å². The molecule has 202 valence electrons. The lowest BCUT2D eigenvalue weighted by Gasteiger charge is -2.34. The van der Waals surface area contributed by atoms with E-state index in [9.17, 15) is 0 Å². The van der Waals surface area contributed by atoms with Gasteiger partial charge in [0.2, 0.25) is 0 Å². The molecule has 0 nitrogen and oxygen atoms in total. The highest BCUT2D eigenvalue weighted by Gasteiger charge is 2.49. The van der Waals surface area contributed by atoms with Crippen molar-refractivity contribution in [2.24, 2.45) is 0 Å². The summed E-state index contributed by atoms with van der Waals surface area (Å²) < 4.78 is 2.16. The zero-order valence-electron chi connectivity index (χ0n) is 23.5. The minimum Gasteiger partial charge on any atom is -0.0622 e. The minimum absolute atomic E-state index is 0.0676. The van der Waals surface area contributed by atoms with E-state index in [2.05, 4.69) is 179 Å². The third kappa shape index (κ3) is 3.52. The standard InChI is InChI=1S/C40H28Br2/c1-39(2)33-17-7-6-16-31(33)37-34(39)20-21-35-38(37)32-19-18-26(25-10-4-3-5-11-25)22-36(32)40(35,27-12-8-14-29(41)23-27)28-13-9-15-30(42)24-28/h3-24H,1-2H3. The first kappa shape index (κ1) is 25.9. The van der Waals surface area contributed by atoms with Crippen molar-refractivity contribution in [3.8, 4) is 33.4 Å². The van der Waals surface area contributed by atoms with Crippen LogP contribution in [0.25, 0.3) is 33.4 Å². The average Bonchev–Trinajstić information content (AvgIpc) is 3.44. The molecule has 0 amide bonds. The molecule has 0 aromatic heterocycles. The predicted octanol–water partition coefficient (Wildman–Crippen LogP) is 11.5. The molecular formula is C40H28Br2. The number of benzene rings is 6. The Hall–Kier alpha value is -3.72. The van der Waals surface area contributed by atoms with E-state index in [1.54, 1.807) is 0 Å². The molecule has 0 spiro atoms. The van der Waals surface area contributed by atoms with Gasteiger partial charge in [-0.25, -0.2) is 0 Å². The molecule has 2 heteroatoms. The third-order valence-corrected chi connectivity index (χ3v) is 10.5. The van der Waals surface area contributed by atoms with Crippen LogP contribution in [0.2, 0.25) is 0 Å². The fraction of sp³-hybridized carbons (Fsp3) is 0.100. The molecule has 0 aliphatic heterocycles. The molecule has 0 atom stereocenters. The summed E-state index contributed by atoms with van der Waals surface area (Å²) in [6.07, 6.45) is 0. The smallest absolute Gasteiger partial charge is 0.0622 e. The highest BCUT2D eigenvalue weighted by Crippen LogP contribution is 2.62. The van der Waals surface area contributed by atoms with Crippen molar-refractivity contribution in [3.63, 3.8) is 0 Å². The summed E-state index contributed by atoms with van der Waals surface area (Å²) in [4.78, 5) is 0. The van der Waals surface area contributed by atoms with Crippen LogP contribution in [0.3, 0.4) is 0 Å². The topological polar surface area (TPSA) is 0 Å². The van der Waals surface area contributed by atoms with Crippen molar-refractivity contribution in [1.29, 1.82) is 0 Å². The molecule has 42 heavy (non-hydrogen) atoms. The van der Waals surface area contributed by atoms with Gasteiger partial charge >= 0.3 is 0 Å². The van der Waals surface area contributed by atoms with Crippen LogP contribution in [-0.2, 0) is 10.8 Å². The summed E-state index contributed by atoms with van der Waals surface area (Å²) in [5.41, 5.74) is 15.3. The summed E-state index contributed by atoms with van der Waals surface area (Å²) in [5.74, 6) is 0. The Bertz CT molecular complexity index is 1990. The molecule has 0 saturated carbocycles. The van der Waals surface area contributed by atoms with Gasteiger partial charge in [-0.3, -0.25) is 0 Å². The van der Waals surface area contributed by atoms with E-state index in [4.69, 9.17) is 0 Å². The van der Waals surface area contributed by atoms with Crippen LogP contribution in [0.5, 0.6) is 0 Å². The van der Waals surface area contributed by atoms with E-state index in [1.807, 2.05) is 0 Å². The Morgan fingerprint density at radius 1 is 0.429 bits per heavy atom. The molecule has 6 aromatic rings. The highest BCUT2D eigenvalue weighted by atomic mass is 79.9. The fourth-order valence-corrected chi connectivity index (χ4v) is 8.45. The monoisotopic (exact) mass is 666 g/mol. The van der Waals surface area contributed by atoms with Gasteiger partial charge in [0.15, 0.2) is 0 Å². The maximum atomic E-state index is 3.83. The van der Waals surface area contributed by atoms with E-state index >= 15 is 0 Å². The molecule has 0 fully saturated rings. The lowest BCUT2D eigenvalue weighted by atomic mass is 9.67. The molecule has 2 aliphatic rings. The molecule has 0 radical (unpaired) electrons. The van der Waals surface area contributed by atoms with Crippen LogP contribution >= 0.6 is 31.9 Å². The quantitative estimate of drug-likeness (QED) is 0.176. The Labute approximate surface area is 264 Å². The summed E-state index contributed by atoms with van der Waals surface area (Å²) in [7, 11) is 0. The lowest BCUT2D eigenvalue weighted by molar-refractivity contribution is 0.659. The van der Waals surface area contributed by atoms with Crippen LogP contribution in [0.1, 0.15) is 47.2 Å². The maximum Gasteiger partial charge on any atom is 0.0714 e. The van der Waals surface area contributed by atoms with E-state index < -0.39 is 5.41 Å². The van der Waals surface area contributed by atoms with Gasteiger partial charge in [0.25, 0.3) is 0 Å². The number of hydrogen-bond acceptors (Lipinski definition) is 0. The molecule has 0 N–H and O–H groups in total. The first-order valence-electron chi connectivity index (χ1n) is 14.4. The molecule has 0 bridgehead atoms. The van der Waals surface area contributed by atoms with Crippen LogP contribution in [0.4, 0.5) is 0 Å². The summed E-state index contributed by atoms with van der Waals surface area (Å²) in [6.45, 7) is 4.74. The molecule has 0 heterocycles. The van der Waals surface area contributed by atoms with E-state index in [-0.39, 0.29) is 5.41 Å².